The minimum atomic E-state index is -3.66. The zero-order valence-electron chi connectivity index (χ0n) is 10.3. The molecule has 0 aliphatic heterocycles. The fourth-order valence-corrected chi connectivity index (χ4v) is 3.33. The van der Waals surface area contributed by atoms with Crippen LogP contribution in [0.25, 0.3) is 0 Å². The standard InChI is InChI=1S/C13H12BrClN2O2S/c14-10-2-1-3-11(7-10)17-20(18,19)12-4-5-13(15)9(6-12)8-16/h1-7,17H,8,16H2. The quantitative estimate of drug-likeness (QED) is 0.860. The van der Waals surface area contributed by atoms with E-state index in [-0.39, 0.29) is 11.4 Å². The molecule has 0 radical (unpaired) electrons. The molecule has 4 nitrogen and oxygen atoms in total. The normalized spacial score (nSPS) is 11.3. The topological polar surface area (TPSA) is 72.2 Å². The molecule has 0 aliphatic rings. The van der Waals surface area contributed by atoms with Crippen molar-refractivity contribution in [2.24, 2.45) is 5.73 Å². The molecule has 0 fully saturated rings. The van der Waals surface area contributed by atoms with Crippen molar-refractivity contribution >= 4 is 43.2 Å². The molecule has 0 saturated carbocycles. The summed E-state index contributed by atoms with van der Waals surface area (Å²) in [4.78, 5) is 0.127. The number of benzene rings is 2. The van der Waals surface area contributed by atoms with Crippen LogP contribution in [0.15, 0.2) is 51.8 Å². The van der Waals surface area contributed by atoms with Gasteiger partial charge in [-0.2, -0.15) is 0 Å². The first-order chi connectivity index (χ1) is 9.42. The van der Waals surface area contributed by atoms with E-state index in [1.807, 2.05) is 6.07 Å². The summed E-state index contributed by atoms with van der Waals surface area (Å²) in [6.45, 7) is 0.180. The SMILES string of the molecule is NCc1cc(S(=O)(=O)Nc2cccc(Br)c2)ccc1Cl. The Kier molecular flexibility index (Phi) is 4.70. The third-order valence-electron chi connectivity index (χ3n) is 2.62. The highest BCUT2D eigenvalue weighted by Crippen LogP contribution is 2.23. The van der Waals surface area contributed by atoms with Crippen LogP contribution >= 0.6 is 27.5 Å². The molecule has 0 saturated heterocycles. The minimum absolute atomic E-state index is 0.127. The third-order valence-corrected chi connectivity index (χ3v) is 4.87. The molecule has 2 aromatic carbocycles. The van der Waals surface area contributed by atoms with E-state index < -0.39 is 10.0 Å². The summed E-state index contributed by atoms with van der Waals surface area (Å²) < 4.78 is 27.9. The van der Waals surface area contributed by atoms with Crippen molar-refractivity contribution in [1.82, 2.24) is 0 Å². The van der Waals surface area contributed by atoms with Gasteiger partial charge in [0.05, 0.1) is 4.90 Å². The van der Waals surface area contributed by atoms with E-state index in [0.717, 1.165) is 4.47 Å². The molecule has 2 rings (SSSR count). The molecule has 0 spiro atoms. The lowest BCUT2D eigenvalue weighted by atomic mass is 10.2. The maximum Gasteiger partial charge on any atom is 0.261 e. The Hall–Kier alpha value is -1.08. The Bertz CT molecular complexity index is 735. The van der Waals surface area contributed by atoms with E-state index in [1.54, 1.807) is 18.2 Å². The summed E-state index contributed by atoms with van der Waals surface area (Å²) in [7, 11) is -3.66. The fraction of sp³-hybridized carbons (Fsp3) is 0.0769. The van der Waals surface area contributed by atoms with Crippen molar-refractivity contribution < 1.29 is 8.42 Å². The van der Waals surface area contributed by atoms with E-state index in [9.17, 15) is 8.42 Å². The highest BCUT2D eigenvalue weighted by molar-refractivity contribution is 9.10. The van der Waals surface area contributed by atoms with E-state index in [1.165, 1.54) is 18.2 Å². The van der Waals surface area contributed by atoms with Crippen LogP contribution in [0.4, 0.5) is 5.69 Å². The lowest BCUT2D eigenvalue weighted by Gasteiger charge is -2.10. The molecule has 7 heteroatoms. The number of halogens is 2. The van der Waals surface area contributed by atoms with E-state index >= 15 is 0 Å². The van der Waals surface area contributed by atoms with Gasteiger partial charge in [0.15, 0.2) is 0 Å². The van der Waals surface area contributed by atoms with E-state index in [4.69, 9.17) is 17.3 Å². The Morgan fingerprint density at radius 1 is 1.20 bits per heavy atom. The minimum Gasteiger partial charge on any atom is -0.326 e. The first-order valence-corrected chi connectivity index (χ1v) is 8.34. The van der Waals surface area contributed by atoms with Crippen molar-refractivity contribution in [2.75, 3.05) is 4.72 Å². The van der Waals surface area contributed by atoms with Gasteiger partial charge >= 0.3 is 0 Å². The van der Waals surface area contributed by atoms with Crippen LogP contribution in [-0.2, 0) is 16.6 Å². The third kappa shape index (κ3) is 3.52. The van der Waals surface area contributed by atoms with Crippen LogP contribution in [0.3, 0.4) is 0 Å². The highest BCUT2D eigenvalue weighted by Gasteiger charge is 2.15. The predicted molar refractivity (Wildman–Crippen MR) is 84.3 cm³/mol. The average molecular weight is 376 g/mol. The number of sulfonamides is 1. The van der Waals surface area contributed by atoms with Gasteiger partial charge in [-0.05, 0) is 42.0 Å². The fourth-order valence-electron chi connectivity index (χ4n) is 1.64. The lowest BCUT2D eigenvalue weighted by molar-refractivity contribution is 0.601. The summed E-state index contributed by atoms with van der Waals surface area (Å²) in [6.07, 6.45) is 0. The molecule has 2 aromatic rings. The Morgan fingerprint density at radius 2 is 1.95 bits per heavy atom. The molecular weight excluding hydrogens is 364 g/mol. The van der Waals surface area contributed by atoms with Crippen molar-refractivity contribution in [3.05, 3.63) is 57.5 Å². The number of rotatable bonds is 4. The van der Waals surface area contributed by atoms with Crippen LogP contribution in [0.2, 0.25) is 5.02 Å². The predicted octanol–water partition coefficient (Wildman–Crippen LogP) is 3.36. The molecule has 0 heterocycles. The summed E-state index contributed by atoms with van der Waals surface area (Å²) in [5.41, 5.74) is 6.59. The number of hydrogen-bond donors (Lipinski definition) is 2. The Labute approximate surface area is 131 Å². The Balaban J connectivity index is 2.35. The van der Waals surface area contributed by atoms with Gasteiger partial charge < -0.3 is 5.73 Å². The van der Waals surface area contributed by atoms with Crippen LogP contribution in [0.1, 0.15) is 5.56 Å². The molecule has 0 bridgehead atoms. The molecule has 3 N–H and O–H groups in total. The van der Waals surface area contributed by atoms with Gasteiger partial charge in [-0.1, -0.05) is 33.6 Å². The van der Waals surface area contributed by atoms with E-state index in [0.29, 0.717) is 16.3 Å². The zero-order chi connectivity index (χ0) is 14.8. The number of anilines is 1. The Morgan fingerprint density at radius 3 is 2.60 bits per heavy atom. The largest absolute Gasteiger partial charge is 0.326 e. The smallest absolute Gasteiger partial charge is 0.261 e. The molecule has 106 valence electrons. The van der Waals surface area contributed by atoms with Crippen LogP contribution < -0.4 is 10.5 Å². The van der Waals surface area contributed by atoms with Crippen molar-refractivity contribution in [1.29, 1.82) is 0 Å². The molecule has 0 unspecified atom stereocenters. The van der Waals surface area contributed by atoms with Gasteiger partial charge in [0.25, 0.3) is 10.0 Å². The summed E-state index contributed by atoms with van der Waals surface area (Å²) >= 11 is 9.22. The second kappa shape index (κ2) is 6.13. The summed E-state index contributed by atoms with van der Waals surface area (Å²) in [5.74, 6) is 0. The van der Waals surface area contributed by atoms with Gasteiger partial charge in [-0.25, -0.2) is 8.42 Å². The number of nitrogens with two attached hydrogens (primary N) is 1. The van der Waals surface area contributed by atoms with E-state index in [2.05, 4.69) is 20.7 Å². The second-order valence-electron chi connectivity index (χ2n) is 4.07. The summed E-state index contributed by atoms with van der Waals surface area (Å²) in [6, 6.07) is 11.4. The van der Waals surface area contributed by atoms with Gasteiger partial charge in [-0.15, -0.1) is 0 Å². The van der Waals surface area contributed by atoms with Gasteiger partial charge in [0.2, 0.25) is 0 Å². The molecule has 0 atom stereocenters. The monoisotopic (exact) mass is 374 g/mol. The maximum atomic E-state index is 12.3. The number of nitrogens with one attached hydrogen (secondary N) is 1. The van der Waals surface area contributed by atoms with Crippen molar-refractivity contribution in [2.45, 2.75) is 11.4 Å². The molecule has 0 aliphatic carbocycles. The van der Waals surface area contributed by atoms with Gasteiger partial charge in [0, 0.05) is 21.7 Å². The summed E-state index contributed by atoms with van der Waals surface area (Å²) in [5, 5.41) is 0.453. The average Bonchev–Trinajstić information content (AvgIpc) is 2.38. The lowest BCUT2D eigenvalue weighted by Crippen LogP contribution is -2.13. The van der Waals surface area contributed by atoms with Gasteiger partial charge in [-0.3, -0.25) is 4.72 Å². The molecule has 20 heavy (non-hydrogen) atoms. The molecule has 0 aromatic heterocycles. The van der Waals surface area contributed by atoms with Crippen LogP contribution in [0, 0.1) is 0 Å². The molecule has 0 amide bonds. The van der Waals surface area contributed by atoms with Crippen molar-refractivity contribution in [3.63, 3.8) is 0 Å². The maximum absolute atomic E-state index is 12.3. The zero-order valence-corrected chi connectivity index (χ0v) is 13.5. The first kappa shape index (κ1) is 15.3. The first-order valence-electron chi connectivity index (χ1n) is 5.69. The van der Waals surface area contributed by atoms with Crippen LogP contribution in [0.5, 0.6) is 0 Å². The molecular formula is C13H12BrClN2O2S. The van der Waals surface area contributed by atoms with Crippen molar-refractivity contribution in [3.8, 4) is 0 Å². The highest BCUT2D eigenvalue weighted by atomic mass is 79.9. The second-order valence-corrected chi connectivity index (χ2v) is 7.08. The van der Waals surface area contributed by atoms with Crippen LogP contribution in [-0.4, -0.2) is 8.42 Å². The number of hydrogen-bond acceptors (Lipinski definition) is 3. The van der Waals surface area contributed by atoms with Gasteiger partial charge in [0.1, 0.15) is 0 Å².